The summed E-state index contributed by atoms with van der Waals surface area (Å²) in [5, 5.41) is 9.36. The zero-order chi connectivity index (χ0) is 16.5. The van der Waals surface area contributed by atoms with Gasteiger partial charge in [0.05, 0.1) is 5.41 Å². The Morgan fingerprint density at radius 3 is 2.64 bits per heavy atom. The van der Waals surface area contributed by atoms with Crippen LogP contribution in [0.1, 0.15) is 42.6 Å². The number of carbonyl (C=O) groups is 2. The lowest BCUT2D eigenvalue weighted by Crippen LogP contribution is -2.46. The van der Waals surface area contributed by atoms with Crippen molar-refractivity contribution >= 4 is 11.9 Å². The molecule has 0 spiro atoms. The van der Waals surface area contributed by atoms with Gasteiger partial charge in [-0.3, -0.25) is 9.59 Å². The molecule has 0 aromatic heterocycles. The first kappa shape index (κ1) is 16.5. The Balaban J connectivity index is 2.16. The van der Waals surface area contributed by atoms with Gasteiger partial charge in [-0.25, -0.2) is 4.39 Å². The summed E-state index contributed by atoms with van der Waals surface area (Å²) in [6, 6.07) is 4.32. The highest BCUT2D eigenvalue weighted by molar-refractivity contribution is 5.94. The molecular weight excluding hydrogens is 285 g/mol. The standard InChI is InChI=1S/C17H22FNO3/c1-11-9-12(6-7-14(11)18)15(20)19-8-4-5-13(10-19)17(2,3)16(21)22/h6-7,9,13H,4-5,8,10H2,1-3H3,(H,21,22)/t13-/m0/s1. The predicted molar refractivity (Wildman–Crippen MR) is 81.2 cm³/mol. The van der Waals surface area contributed by atoms with E-state index in [1.54, 1.807) is 31.7 Å². The average Bonchev–Trinajstić information content (AvgIpc) is 2.49. The van der Waals surface area contributed by atoms with Crippen molar-refractivity contribution in [1.82, 2.24) is 4.90 Å². The molecule has 1 aliphatic heterocycles. The van der Waals surface area contributed by atoms with Gasteiger partial charge in [0.2, 0.25) is 0 Å². The summed E-state index contributed by atoms with van der Waals surface area (Å²) in [6.07, 6.45) is 1.58. The van der Waals surface area contributed by atoms with Gasteiger partial charge in [-0.2, -0.15) is 0 Å². The first-order valence-corrected chi connectivity index (χ1v) is 7.52. The summed E-state index contributed by atoms with van der Waals surface area (Å²) in [6.45, 7) is 6.07. The molecule has 1 aromatic rings. The average molecular weight is 307 g/mol. The number of aliphatic carboxylic acids is 1. The lowest BCUT2D eigenvalue weighted by Gasteiger charge is -2.39. The van der Waals surface area contributed by atoms with Crippen molar-refractivity contribution < 1.29 is 19.1 Å². The molecule has 22 heavy (non-hydrogen) atoms. The van der Waals surface area contributed by atoms with Crippen LogP contribution in [0.3, 0.4) is 0 Å². The summed E-state index contributed by atoms with van der Waals surface area (Å²) >= 11 is 0. The van der Waals surface area contributed by atoms with Crippen LogP contribution in [0.4, 0.5) is 4.39 Å². The van der Waals surface area contributed by atoms with Crippen molar-refractivity contribution in [3.8, 4) is 0 Å². The molecule has 1 aliphatic rings. The van der Waals surface area contributed by atoms with E-state index in [4.69, 9.17) is 0 Å². The van der Waals surface area contributed by atoms with Gasteiger partial charge in [-0.1, -0.05) is 0 Å². The van der Waals surface area contributed by atoms with Crippen LogP contribution in [0.5, 0.6) is 0 Å². The molecular formula is C17H22FNO3. The summed E-state index contributed by atoms with van der Waals surface area (Å²) in [5.41, 5.74) is 0.0236. The first-order chi connectivity index (χ1) is 10.2. The maximum absolute atomic E-state index is 13.3. The molecule has 0 saturated carbocycles. The maximum Gasteiger partial charge on any atom is 0.309 e. The molecule has 1 N–H and O–H groups in total. The number of piperidine rings is 1. The van der Waals surface area contributed by atoms with Crippen LogP contribution in [-0.4, -0.2) is 35.0 Å². The first-order valence-electron chi connectivity index (χ1n) is 7.52. The van der Waals surface area contributed by atoms with Crippen LogP contribution in [0.15, 0.2) is 18.2 Å². The number of likely N-dealkylation sites (tertiary alicyclic amines) is 1. The van der Waals surface area contributed by atoms with Gasteiger partial charge in [0.1, 0.15) is 5.82 Å². The van der Waals surface area contributed by atoms with Crippen molar-refractivity contribution in [2.75, 3.05) is 13.1 Å². The smallest absolute Gasteiger partial charge is 0.309 e. The number of halogens is 1. The molecule has 1 heterocycles. The van der Waals surface area contributed by atoms with Gasteiger partial charge in [-0.05, 0) is 63.3 Å². The lowest BCUT2D eigenvalue weighted by molar-refractivity contribution is -0.151. The van der Waals surface area contributed by atoms with Gasteiger partial charge in [0.15, 0.2) is 0 Å². The highest BCUT2D eigenvalue weighted by atomic mass is 19.1. The number of benzene rings is 1. The van der Waals surface area contributed by atoms with Crippen molar-refractivity contribution in [3.63, 3.8) is 0 Å². The van der Waals surface area contributed by atoms with E-state index in [0.29, 0.717) is 24.2 Å². The van der Waals surface area contributed by atoms with E-state index in [1.807, 2.05) is 0 Å². The number of nitrogens with zero attached hydrogens (tertiary/aromatic N) is 1. The SMILES string of the molecule is Cc1cc(C(=O)N2CCC[C@H](C(C)(C)C(=O)O)C2)ccc1F. The molecule has 5 heteroatoms. The Bertz CT molecular complexity index is 598. The third kappa shape index (κ3) is 3.13. The molecule has 4 nitrogen and oxygen atoms in total. The number of rotatable bonds is 3. The highest BCUT2D eigenvalue weighted by Gasteiger charge is 2.40. The van der Waals surface area contributed by atoms with Crippen LogP contribution in [0.2, 0.25) is 0 Å². The Morgan fingerprint density at radius 1 is 1.36 bits per heavy atom. The van der Waals surface area contributed by atoms with E-state index in [0.717, 1.165) is 12.8 Å². The Labute approximate surface area is 129 Å². The molecule has 0 radical (unpaired) electrons. The van der Waals surface area contributed by atoms with Crippen molar-refractivity contribution in [2.24, 2.45) is 11.3 Å². The van der Waals surface area contributed by atoms with Crippen molar-refractivity contribution in [1.29, 1.82) is 0 Å². The Kier molecular flexibility index (Phi) is 4.54. The third-order valence-corrected chi connectivity index (χ3v) is 4.69. The second kappa shape index (κ2) is 6.07. The van der Waals surface area contributed by atoms with E-state index in [1.165, 1.54) is 12.1 Å². The quantitative estimate of drug-likeness (QED) is 0.933. The number of aryl methyl sites for hydroxylation is 1. The molecule has 120 valence electrons. The van der Waals surface area contributed by atoms with E-state index >= 15 is 0 Å². The molecule has 1 aromatic carbocycles. The molecule has 1 amide bonds. The fourth-order valence-electron chi connectivity index (χ4n) is 2.89. The number of carbonyl (C=O) groups excluding carboxylic acids is 1. The van der Waals surface area contributed by atoms with E-state index in [2.05, 4.69) is 0 Å². The molecule has 1 fully saturated rings. The topological polar surface area (TPSA) is 57.6 Å². The largest absolute Gasteiger partial charge is 0.481 e. The summed E-state index contributed by atoms with van der Waals surface area (Å²) in [7, 11) is 0. The molecule has 1 atom stereocenters. The minimum absolute atomic E-state index is 0.0794. The molecule has 1 saturated heterocycles. The minimum Gasteiger partial charge on any atom is -0.481 e. The molecule has 2 rings (SSSR count). The number of carboxylic acid groups (broad SMARTS) is 1. The summed E-state index contributed by atoms with van der Waals surface area (Å²) < 4.78 is 13.3. The third-order valence-electron chi connectivity index (χ3n) is 4.69. The predicted octanol–water partition coefficient (Wildman–Crippen LogP) is 3.10. The molecule has 0 aliphatic carbocycles. The number of hydrogen-bond acceptors (Lipinski definition) is 2. The van der Waals surface area contributed by atoms with Gasteiger partial charge < -0.3 is 10.0 Å². The van der Waals surface area contributed by atoms with Crippen LogP contribution in [0, 0.1) is 24.1 Å². The highest BCUT2D eigenvalue weighted by Crippen LogP contribution is 2.34. The van der Waals surface area contributed by atoms with Crippen molar-refractivity contribution in [3.05, 3.63) is 35.1 Å². The van der Waals surface area contributed by atoms with E-state index < -0.39 is 11.4 Å². The lowest BCUT2D eigenvalue weighted by atomic mass is 9.74. The van der Waals surface area contributed by atoms with Crippen LogP contribution < -0.4 is 0 Å². The van der Waals surface area contributed by atoms with Crippen LogP contribution in [0.25, 0.3) is 0 Å². The fourth-order valence-corrected chi connectivity index (χ4v) is 2.89. The van der Waals surface area contributed by atoms with Gasteiger partial charge in [0, 0.05) is 18.7 Å². The molecule has 0 unspecified atom stereocenters. The zero-order valence-electron chi connectivity index (χ0n) is 13.2. The number of hydrogen-bond donors (Lipinski definition) is 1. The molecule has 0 bridgehead atoms. The fraction of sp³-hybridized carbons (Fsp3) is 0.529. The zero-order valence-corrected chi connectivity index (χ0v) is 13.2. The number of amides is 1. The van der Waals surface area contributed by atoms with Gasteiger partial charge in [-0.15, -0.1) is 0 Å². The number of carboxylic acids is 1. The second-order valence-corrected chi connectivity index (χ2v) is 6.58. The monoisotopic (exact) mass is 307 g/mol. The summed E-state index contributed by atoms with van der Waals surface area (Å²) in [5.74, 6) is -1.41. The van der Waals surface area contributed by atoms with Crippen LogP contribution in [-0.2, 0) is 4.79 Å². The Morgan fingerprint density at radius 2 is 2.05 bits per heavy atom. The van der Waals surface area contributed by atoms with E-state index in [9.17, 15) is 19.1 Å². The van der Waals surface area contributed by atoms with Gasteiger partial charge in [0.25, 0.3) is 5.91 Å². The van der Waals surface area contributed by atoms with Crippen LogP contribution >= 0.6 is 0 Å². The van der Waals surface area contributed by atoms with E-state index in [-0.39, 0.29) is 17.6 Å². The minimum atomic E-state index is -0.863. The normalized spacial score (nSPS) is 19.1. The van der Waals surface area contributed by atoms with Crippen molar-refractivity contribution in [2.45, 2.75) is 33.6 Å². The summed E-state index contributed by atoms with van der Waals surface area (Å²) in [4.78, 5) is 25.7. The maximum atomic E-state index is 13.3. The van der Waals surface area contributed by atoms with Gasteiger partial charge >= 0.3 is 5.97 Å². The Hall–Kier alpha value is -1.91. The second-order valence-electron chi connectivity index (χ2n) is 6.58.